The molecular formula is C16H23NO6. The average molecular weight is 325 g/mol. The highest BCUT2D eigenvalue weighted by atomic mass is 16.6. The zero-order valence-corrected chi connectivity index (χ0v) is 13.5. The summed E-state index contributed by atoms with van der Waals surface area (Å²) in [6, 6.07) is 7.85. The second kappa shape index (κ2) is 8.50. The lowest BCUT2D eigenvalue weighted by Gasteiger charge is -2.24. The normalized spacial score (nSPS) is 12.6. The van der Waals surface area contributed by atoms with Gasteiger partial charge >= 0.3 is 12.1 Å². The quantitative estimate of drug-likeness (QED) is 0.538. The van der Waals surface area contributed by atoms with Crippen LogP contribution in [0.3, 0.4) is 0 Å². The van der Waals surface area contributed by atoms with Crippen molar-refractivity contribution in [2.45, 2.75) is 51.7 Å². The number of hydrogen-bond donors (Lipinski definition) is 3. The number of ether oxygens (including phenoxy) is 2. The van der Waals surface area contributed by atoms with Crippen LogP contribution in [0.25, 0.3) is 0 Å². The van der Waals surface area contributed by atoms with Gasteiger partial charge in [-0.05, 0) is 26.3 Å². The van der Waals surface area contributed by atoms with Crippen LogP contribution in [-0.4, -0.2) is 40.2 Å². The Morgan fingerprint density at radius 3 is 2.30 bits per heavy atom. The summed E-state index contributed by atoms with van der Waals surface area (Å²) in [5.74, 6) is -0.664. The molecular weight excluding hydrogens is 302 g/mol. The number of aliphatic hydroxyl groups is 2. The molecule has 0 spiro atoms. The summed E-state index contributed by atoms with van der Waals surface area (Å²) in [5.41, 5.74) is 0.0742. The molecule has 1 amide bonds. The molecule has 0 saturated carbocycles. The lowest BCUT2D eigenvalue weighted by molar-refractivity contribution is -0.149. The second-order valence-electron chi connectivity index (χ2n) is 6.02. The fourth-order valence-corrected chi connectivity index (χ4v) is 1.67. The van der Waals surface area contributed by atoms with Gasteiger partial charge in [-0.3, -0.25) is 4.79 Å². The SMILES string of the molecule is CC(C)(C)OC(=O)N[C@H](CC(=O)OCc1ccccc1)C(O)O. The van der Waals surface area contributed by atoms with E-state index in [1.165, 1.54) is 0 Å². The number of aliphatic hydroxyl groups excluding tert-OH is 1. The molecule has 0 heterocycles. The van der Waals surface area contributed by atoms with Gasteiger partial charge in [-0.2, -0.15) is 0 Å². The second-order valence-corrected chi connectivity index (χ2v) is 6.02. The molecule has 3 N–H and O–H groups in total. The molecule has 0 saturated heterocycles. The highest BCUT2D eigenvalue weighted by Gasteiger charge is 2.26. The van der Waals surface area contributed by atoms with Gasteiger partial charge in [0.15, 0.2) is 6.29 Å². The number of alkyl carbamates (subject to hydrolysis) is 1. The Morgan fingerprint density at radius 2 is 1.78 bits per heavy atom. The fourth-order valence-electron chi connectivity index (χ4n) is 1.67. The van der Waals surface area contributed by atoms with Gasteiger partial charge in [-0.15, -0.1) is 0 Å². The highest BCUT2D eigenvalue weighted by Crippen LogP contribution is 2.09. The van der Waals surface area contributed by atoms with E-state index in [1.54, 1.807) is 32.9 Å². The van der Waals surface area contributed by atoms with Crippen LogP contribution in [0.5, 0.6) is 0 Å². The Labute approximate surface area is 135 Å². The molecule has 23 heavy (non-hydrogen) atoms. The predicted molar refractivity (Wildman–Crippen MR) is 82.2 cm³/mol. The molecule has 128 valence electrons. The summed E-state index contributed by atoms with van der Waals surface area (Å²) < 4.78 is 10.0. The smallest absolute Gasteiger partial charge is 0.408 e. The van der Waals surface area contributed by atoms with E-state index in [-0.39, 0.29) is 13.0 Å². The van der Waals surface area contributed by atoms with Crippen molar-refractivity contribution in [2.24, 2.45) is 0 Å². The standard InChI is InChI=1S/C16H23NO6/c1-16(2,3)23-15(21)17-12(14(19)20)9-13(18)22-10-11-7-5-4-6-8-11/h4-8,12,14,19-20H,9-10H2,1-3H3,(H,17,21)/t12-/m1/s1. The van der Waals surface area contributed by atoms with E-state index >= 15 is 0 Å². The van der Waals surface area contributed by atoms with Crippen molar-refractivity contribution in [1.82, 2.24) is 5.32 Å². The summed E-state index contributed by atoms with van der Waals surface area (Å²) in [6.07, 6.45) is -3.14. The third kappa shape index (κ3) is 8.18. The number of hydrogen-bond acceptors (Lipinski definition) is 6. The van der Waals surface area contributed by atoms with Gasteiger partial charge in [-0.1, -0.05) is 30.3 Å². The maximum atomic E-state index is 11.8. The molecule has 7 nitrogen and oxygen atoms in total. The molecule has 1 rings (SSSR count). The molecule has 1 aromatic rings. The van der Waals surface area contributed by atoms with E-state index in [2.05, 4.69) is 5.32 Å². The Balaban J connectivity index is 2.48. The molecule has 1 aromatic carbocycles. The Kier molecular flexibility index (Phi) is 6.99. The zero-order chi connectivity index (χ0) is 17.5. The lowest BCUT2D eigenvalue weighted by Crippen LogP contribution is -2.46. The predicted octanol–water partition coefficient (Wildman–Crippen LogP) is 1.32. The number of benzene rings is 1. The van der Waals surface area contributed by atoms with Crippen molar-refractivity contribution in [3.05, 3.63) is 35.9 Å². The van der Waals surface area contributed by atoms with E-state index in [0.29, 0.717) is 0 Å². The van der Waals surface area contributed by atoms with Crippen molar-refractivity contribution in [3.8, 4) is 0 Å². The summed E-state index contributed by atoms with van der Waals surface area (Å²) in [5, 5.41) is 20.8. The third-order valence-corrected chi connectivity index (χ3v) is 2.69. The first-order chi connectivity index (χ1) is 10.7. The molecule has 0 radical (unpaired) electrons. The number of carbonyl (C=O) groups excluding carboxylic acids is 2. The topological polar surface area (TPSA) is 105 Å². The molecule has 0 bridgehead atoms. The number of rotatable bonds is 6. The molecule has 0 aliphatic heterocycles. The van der Waals surface area contributed by atoms with E-state index in [9.17, 15) is 19.8 Å². The van der Waals surface area contributed by atoms with Crippen LogP contribution in [0, 0.1) is 0 Å². The van der Waals surface area contributed by atoms with E-state index in [0.717, 1.165) is 5.56 Å². The Morgan fingerprint density at radius 1 is 1.17 bits per heavy atom. The van der Waals surface area contributed by atoms with Crippen molar-refractivity contribution in [3.63, 3.8) is 0 Å². The van der Waals surface area contributed by atoms with Gasteiger partial charge in [0.2, 0.25) is 0 Å². The number of nitrogens with one attached hydrogen (secondary N) is 1. The van der Waals surface area contributed by atoms with Crippen LogP contribution < -0.4 is 5.32 Å². The molecule has 0 fully saturated rings. The van der Waals surface area contributed by atoms with Crippen molar-refractivity contribution >= 4 is 12.1 Å². The lowest BCUT2D eigenvalue weighted by atomic mass is 10.2. The van der Waals surface area contributed by atoms with Crippen LogP contribution in [0.2, 0.25) is 0 Å². The number of esters is 1. The van der Waals surface area contributed by atoms with E-state index in [4.69, 9.17) is 9.47 Å². The summed E-state index contributed by atoms with van der Waals surface area (Å²) in [4.78, 5) is 23.4. The Hall–Kier alpha value is -2.12. The first kappa shape index (κ1) is 18.9. The maximum Gasteiger partial charge on any atom is 0.408 e. The minimum atomic E-state index is -1.91. The number of carbonyl (C=O) groups is 2. The Bertz CT molecular complexity index is 509. The molecule has 0 aliphatic carbocycles. The molecule has 7 heteroatoms. The van der Waals surface area contributed by atoms with Crippen LogP contribution >= 0.6 is 0 Å². The van der Waals surface area contributed by atoms with Crippen LogP contribution in [0.15, 0.2) is 30.3 Å². The molecule has 0 aromatic heterocycles. The molecule has 0 unspecified atom stereocenters. The van der Waals surface area contributed by atoms with Crippen molar-refractivity contribution in [2.75, 3.05) is 0 Å². The van der Waals surface area contributed by atoms with E-state index in [1.807, 2.05) is 18.2 Å². The largest absolute Gasteiger partial charge is 0.461 e. The summed E-state index contributed by atoms with van der Waals surface area (Å²) in [6.45, 7) is 5.08. The minimum absolute atomic E-state index is 0.0698. The highest BCUT2D eigenvalue weighted by molar-refractivity contribution is 5.73. The summed E-state index contributed by atoms with van der Waals surface area (Å²) >= 11 is 0. The van der Waals surface area contributed by atoms with Gasteiger partial charge < -0.3 is 25.0 Å². The molecule has 0 aliphatic rings. The first-order valence-electron chi connectivity index (χ1n) is 7.22. The monoisotopic (exact) mass is 325 g/mol. The van der Waals surface area contributed by atoms with Crippen molar-refractivity contribution in [1.29, 1.82) is 0 Å². The van der Waals surface area contributed by atoms with Crippen molar-refractivity contribution < 1.29 is 29.3 Å². The van der Waals surface area contributed by atoms with Crippen LogP contribution in [-0.2, 0) is 20.9 Å². The van der Waals surface area contributed by atoms with Crippen LogP contribution in [0.4, 0.5) is 4.79 Å². The average Bonchev–Trinajstić information content (AvgIpc) is 2.43. The molecule has 1 atom stereocenters. The van der Waals surface area contributed by atoms with Gasteiger partial charge in [-0.25, -0.2) is 4.79 Å². The first-order valence-corrected chi connectivity index (χ1v) is 7.22. The third-order valence-electron chi connectivity index (χ3n) is 2.69. The van der Waals surface area contributed by atoms with Crippen LogP contribution in [0.1, 0.15) is 32.8 Å². The van der Waals surface area contributed by atoms with Gasteiger partial charge in [0.25, 0.3) is 0 Å². The fraction of sp³-hybridized carbons (Fsp3) is 0.500. The summed E-state index contributed by atoms with van der Waals surface area (Å²) in [7, 11) is 0. The maximum absolute atomic E-state index is 11.8. The van der Waals surface area contributed by atoms with Gasteiger partial charge in [0, 0.05) is 0 Å². The van der Waals surface area contributed by atoms with Gasteiger partial charge in [0.05, 0.1) is 12.5 Å². The number of amides is 1. The van der Waals surface area contributed by atoms with E-state index < -0.39 is 30.0 Å². The van der Waals surface area contributed by atoms with Gasteiger partial charge in [0.1, 0.15) is 12.2 Å². The zero-order valence-electron chi connectivity index (χ0n) is 13.5. The minimum Gasteiger partial charge on any atom is -0.461 e.